The lowest BCUT2D eigenvalue weighted by Gasteiger charge is -2.25. The highest BCUT2D eigenvalue weighted by molar-refractivity contribution is 6.01. The van der Waals surface area contributed by atoms with Gasteiger partial charge in [-0.3, -0.25) is 4.79 Å². The van der Waals surface area contributed by atoms with Crippen LogP contribution in [0.25, 0.3) is 0 Å². The second kappa shape index (κ2) is 7.85. The second-order valence-corrected chi connectivity index (χ2v) is 5.32. The molecule has 0 amide bonds. The molecular formula is C19H22FNO. The van der Waals surface area contributed by atoms with E-state index >= 15 is 0 Å². The molecule has 2 rings (SSSR count). The summed E-state index contributed by atoms with van der Waals surface area (Å²) in [5, 5.41) is 0. The SMILES string of the molecule is CCN(CC)CC(C(=O)c1ccc(F)cc1)c1ccccc1. The van der Waals surface area contributed by atoms with E-state index in [0.29, 0.717) is 12.1 Å². The van der Waals surface area contributed by atoms with Crippen LogP contribution in [0.4, 0.5) is 4.39 Å². The van der Waals surface area contributed by atoms with Crippen molar-refractivity contribution < 1.29 is 9.18 Å². The molecule has 0 aliphatic carbocycles. The van der Waals surface area contributed by atoms with Gasteiger partial charge in [0.15, 0.2) is 5.78 Å². The smallest absolute Gasteiger partial charge is 0.171 e. The molecule has 2 aromatic carbocycles. The molecule has 0 N–H and O–H groups in total. The highest BCUT2D eigenvalue weighted by Gasteiger charge is 2.23. The summed E-state index contributed by atoms with van der Waals surface area (Å²) < 4.78 is 13.1. The van der Waals surface area contributed by atoms with Crippen molar-refractivity contribution in [3.63, 3.8) is 0 Å². The molecule has 0 saturated carbocycles. The third-order valence-corrected chi connectivity index (χ3v) is 3.98. The molecule has 0 radical (unpaired) electrons. The van der Waals surface area contributed by atoms with Gasteiger partial charge in [-0.15, -0.1) is 0 Å². The van der Waals surface area contributed by atoms with Gasteiger partial charge in [0.05, 0.1) is 5.92 Å². The van der Waals surface area contributed by atoms with E-state index in [-0.39, 0.29) is 17.5 Å². The van der Waals surface area contributed by atoms with Crippen molar-refractivity contribution in [1.82, 2.24) is 4.90 Å². The minimum atomic E-state index is -0.323. The number of nitrogens with zero attached hydrogens (tertiary/aromatic N) is 1. The first-order chi connectivity index (χ1) is 10.7. The molecule has 116 valence electrons. The fourth-order valence-electron chi connectivity index (χ4n) is 2.58. The van der Waals surface area contributed by atoms with Crippen molar-refractivity contribution in [2.45, 2.75) is 19.8 Å². The summed E-state index contributed by atoms with van der Waals surface area (Å²) in [6.45, 7) is 6.65. The Hall–Kier alpha value is -2.00. The minimum Gasteiger partial charge on any atom is -0.303 e. The van der Waals surface area contributed by atoms with Gasteiger partial charge in [0, 0.05) is 12.1 Å². The summed E-state index contributed by atoms with van der Waals surface area (Å²) in [6.07, 6.45) is 0. The van der Waals surface area contributed by atoms with Gasteiger partial charge in [0.25, 0.3) is 0 Å². The van der Waals surface area contributed by atoms with Crippen LogP contribution in [-0.4, -0.2) is 30.3 Å². The Labute approximate surface area is 131 Å². The number of hydrogen-bond donors (Lipinski definition) is 0. The zero-order chi connectivity index (χ0) is 15.9. The normalized spacial score (nSPS) is 12.4. The van der Waals surface area contributed by atoms with Crippen LogP contribution in [0.5, 0.6) is 0 Å². The van der Waals surface area contributed by atoms with E-state index in [2.05, 4.69) is 18.7 Å². The summed E-state index contributed by atoms with van der Waals surface area (Å²) in [5.74, 6) is -0.513. The average Bonchev–Trinajstić information content (AvgIpc) is 2.57. The van der Waals surface area contributed by atoms with E-state index in [1.54, 1.807) is 12.1 Å². The molecule has 0 aromatic heterocycles. The van der Waals surface area contributed by atoms with Gasteiger partial charge in [-0.05, 0) is 42.9 Å². The van der Waals surface area contributed by atoms with Gasteiger partial charge in [-0.1, -0.05) is 44.2 Å². The molecule has 1 unspecified atom stereocenters. The van der Waals surface area contributed by atoms with Crippen LogP contribution in [0.3, 0.4) is 0 Å². The van der Waals surface area contributed by atoms with Gasteiger partial charge in [0.2, 0.25) is 0 Å². The molecule has 2 nitrogen and oxygen atoms in total. The van der Waals surface area contributed by atoms with Crippen molar-refractivity contribution >= 4 is 5.78 Å². The van der Waals surface area contributed by atoms with Gasteiger partial charge in [0.1, 0.15) is 5.82 Å². The topological polar surface area (TPSA) is 20.3 Å². The number of carbonyl (C=O) groups excluding carboxylic acids is 1. The highest BCUT2D eigenvalue weighted by atomic mass is 19.1. The molecular weight excluding hydrogens is 277 g/mol. The fraction of sp³-hybridized carbons (Fsp3) is 0.316. The van der Waals surface area contributed by atoms with E-state index in [0.717, 1.165) is 18.7 Å². The Balaban J connectivity index is 2.31. The molecule has 0 saturated heterocycles. The van der Waals surface area contributed by atoms with Crippen LogP contribution in [0.15, 0.2) is 54.6 Å². The third kappa shape index (κ3) is 4.01. The quantitative estimate of drug-likeness (QED) is 0.716. The maximum absolute atomic E-state index is 13.1. The Morgan fingerprint density at radius 1 is 1.00 bits per heavy atom. The number of carbonyl (C=O) groups is 1. The average molecular weight is 299 g/mol. The van der Waals surface area contributed by atoms with Gasteiger partial charge >= 0.3 is 0 Å². The van der Waals surface area contributed by atoms with E-state index in [1.165, 1.54) is 12.1 Å². The van der Waals surface area contributed by atoms with Crippen molar-refractivity contribution in [2.24, 2.45) is 0 Å². The monoisotopic (exact) mass is 299 g/mol. The predicted molar refractivity (Wildman–Crippen MR) is 87.7 cm³/mol. The predicted octanol–water partition coefficient (Wildman–Crippen LogP) is 4.13. The van der Waals surface area contributed by atoms with Crippen LogP contribution in [0.2, 0.25) is 0 Å². The van der Waals surface area contributed by atoms with Crippen molar-refractivity contribution in [3.05, 3.63) is 71.5 Å². The van der Waals surface area contributed by atoms with Crippen LogP contribution < -0.4 is 0 Å². The Bertz CT molecular complexity index is 591. The summed E-state index contributed by atoms with van der Waals surface area (Å²) in [4.78, 5) is 15.1. The molecule has 0 spiro atoms. The highest BCUT2D eigenvalue weighted by Crippen LogP contribution is 2.22. The number of likely N-dealkylation sites (N-methyl/N-ethyl adjacent to an activating group) is 1. The number of ketones is 1. The minimum absolute atomic E-state index is 0.0399. The Morgan fingerprint density at radius 2 is 1.59 bits per heavy atom. The number of rotatable bonds is 7. The third-order valence-electron chi connectivity index (χ3n) is 3.98. The van der Waals surface area contributed by atoms with Crippen LogP contribution in [-0.2, 0) is 0 Å². The Morgan fingerprint density at radius 3 is 2.14 bits per heavy atom. The molecule has 0 bridgehead atoms. The van der Waals surface area contributed by atoms with Crippen molar-refractivity contribution in [3.8, 4) is 0 Å². The second-order valence-electron chi connectivity index (χ2n) is 5.32. The fourth-order valence-corrected chi connectivity index (χ4v) is 2.58. The molecule has 3 heteroatoms. The number of halogens is 1. The number of benzene rings is 2. The zero-order valence-electron chi connectivity index (χ0n) is 13.1. The lowest BCUT2D eigenvalue weighted by molar-refractivity contribution is 0.0936. The molecule has 0 aliphatic rings. The lowest BCUT2D eigenvalue weighted by atomic mass is 9.90. The van der Waals surface area contributed by atoms with Gasteiger partial charge < -0.3 is 4.90 Å². The largest absolute Gasteiger partial charge is 0.303 e. The zero-order valence-corrected chi connectivity index (χ0v) is 13.1. The van der Waals surface area contributed by atoms with E-state index < -0.39 is 0 Å². The Kier molecular flexibility index (Phi) is 5.84. The maximum atomic E-state index is 13.1. The van der Waals surface area contributed by atoms with Crippen molar-refractivity contribution in [2.75, 3.05) is 19.6 Å². The molecule has 22 heavy (non-hydrogen) atoms. The van der Waals surface area contributed by atoms with Crippen molar-refractivity contribution in [1.29, 1.82) is 0 Å². The summed E-state index contributed by atoms with van der Waals surface area (Å²) in [6, 6.07) is 15.6. The molecule has 2 aromatic rings. The summed E-state index contributed by atoms with van der Waals surface area (Å²) in [7, 11) is 0. The van der Waals surface area contributed by atoms with E-state index in [9.17, 15) is 9.18 Å². The standard InChI is InChI=1S/C19H22FNO/c1-3-21(4-2)14-18(15-8-6-5-7-9-15)19(22)16-10-12-17(20)13-11-16/h5-13,18H,3-4,14H2,1-2H3. The number of Topliss-reactive ketones (excluding diaryl/α,β-unsaturated/α-hetero) is 1. The molecule has 0 aliphatic heterocycles. The van der Waals surface area contributed by atoms with Gasteiger partial charge in [-0.25, -0.2) is 4.39 Å². The maximum Gasteiger partial charge on any atom is 0.171 e. The van der Waals surface area contributed by atoms with Gasteiger partial charge in [-0.2, -0.15) is 0 Å². The summed E-state index contributed by atoms with van der Waals surface area (Å²) >= 11 is 0. The summed E-state index contributed by atoms with van der Waals surface area (Å²) in [5.41, 5.74) is 1.56. The number of hydrogen-bond acceptors (Lipinski definition) is 2. The first-order valence-electron chi connectivity index (χ1n) is 7.72. The molecule has 0 heterocycles. The lowest BCUT2D eigenvalue weighted by Crippen LogP contribution is -2.32. The van der Waals surface area contributed by atoms with E-state index in [1.807, 2.05) is 30.3 Å². The molecule has 1 atom stereocenters. The van der Waals surface area contributed by atoms with Crippen LogP contribution in [0.1, 0.15) is 35.7 Å². The first-order valence-corrected chi connectivity index (χ1v) is 7.72. The molecule has 0 fully saturated rings. The first kappa shape index (κ1) is 16.4. The van der Waals surface area contributed by atoms with E-state index in [4.69, 9.17) is 0 Å². The van der Waals surface area contributed by atoms with Crippen LogP contribution in [0, 0.1) is 5.82 Å². The van der Waals surface area contributed by atoms with Crippen LogP contribution >= 0.6 is 0 Å².